The van der Waals surface area contributed by atoms with Crippen molar-refractivity contribution in [2.24, 2.45) is 11.7 Å². The van der Waals surface area contributed by atoms with Crippen LogP contribution in [0.25, 0.3) is 0 Å². The molecule has 13 N–H and O–H groups in total. The molecule has 0 spiro atoms. The van der Waals surface area contributed by atoms with Gasteiger partial charge in [0.15, 0.2) is 0 Å². The minimum absolute atomic E-state index is 0.0100. The van der Waals surface area contributed by atoms with E-state index in [1.807, 2.05) is 4.90 Å². The summed E-state index contributed by atoms with van der Waals surface area (Å²) in [4.78, 5) is 59.0. The number of nitrogens with zero attached hydrogens (tertiary/aromatic N) is 2. The van der Waals surface area contributed by atoms with Gasteiger partial charge >= 0.3 is 17.6 Å². The highest BCUT2D eigenvalue weighted by Crippen LogP contribution is 2.13. The van der Waals surface area contributed by atoms with Crippen LogP contribution < -0.4 is 16.4 Å². The van der Waals surface area contributed by atoms with Gasteiger partial charge in [-0.3, -0.25) is 9.80 Å². The number of unbranched alkanes of at least 4 members (excludes halogenated alkanes) is 1. The molecule has 0 aliphatic carbocycles. The van der Waals surface area contributed by atoms with Crippen LogP contribution in [0.15, 0.2) is 0 Å². The number of hydrogen-bond donors (Lipinski definition) is 12. The molecule has 0 heterocycles. The molecule has 0 aromatic rings. The number of rotatable bonds is 37. The second kappa shape index (κ2) is 31.1. The molecule has 17 nitrogen and oxygen atoms in total. The molecule has 0 rings (SSSR count). The van der Waals surface area contributed by atoms with Crippen molar-refractivity contribution >= 4 is 17.6 Å². The maximum absolute atomic E-state index is 10.9. The number of ether oxygens (including phenoxy) is 3. The van der Waals surface area contributed by atoms with Crippen LogP contribution in [0, 0.1) is 5.92 Å². The van der Waals surface area contributed by atoms with E-state index in [2.05, 4.69) is 29.4 Å². The summed E-state index contributed by atoms with van der Waals surface area (Å²) in [5.74, 6) is 0.441. The predicted molar refractivity (Wildman–Crippen MR) is 195 cm³/mol. The van der Waals surface area contributed by atoms with E-state index < -0.39 is 35.9 Å². The molecule has 0 aromatic carbocycles. The summed E-state index contributed by atoms with van der Waals surface area (Å²) in [6, 6.07) is -0.292. The molecule has 50 heavy (non-hydrogen) atoms. The third-order valence-electron chi connectivity index (χ3n) is 7.97. The molecule has 19 heteroatoms. The quantitative estimate of drug-likeness (QED) is 0.0218. The molecule has 0 saturated heterocycles. The van der Waals surface area contributed by atoms with Crippen LogP contribution >= 0.6 is 0 Å². The second-order valence-electron chi connectivity index (χ2n) is 13.2. The first kappa shape index (κ1) is 49.8. The summed E-state index contributed by atoms with van der Waals surface area (Å²) >= 11 is 0. The van der Waals surface area contributed by atoms with E-state index in [-0.39, 0.29) is 71.1 Å². The Hall–Kier alpha value is -0.246. The summed E-state index contributed by atoms with van der Waals surface area (Å²) in [7, 11) is -8.26. The molecule has 0 aromatic heterocycles. The fraction of sp³-hybridized carbons (Fsp3) is 1.00. The molecule has 0 aliphatic rings. The maximum atomic E-state index is 10.9. The van der Waals surface area contributed by atoms with Crippen molar-refractivity contribution < 1.29 is 58.3 Å². The van der Waals surface area contributed by atoms with E-state index in [9.17, 15) is 29.7 Å². The van der Waals surface area contributed by atoms with Gasteiger partial charge in [-0.25, -0.2) is 0 Å². The van der Waals surface area contributed by atoms with Gasteiger partial charge < -0.3 is 74.7 Å². The smallest absolute Gasteiger partial charge is 0.390 e. The van der Waals surface area contributed by atoms with Crippen LogP contribution in [0.2, 0.25) is 12.1 Å². The number of aliphatic hydroxyl groups excluding tert-OH is 3. The van der Waals surface area contributed by atoms with Gasteiger partial charge in [-0.15, -0.1) is 0 Å². The summed E-state index contributed by atoms with van der Waals surface area (Å²) < 4.78 is 16.9. The zero-order valence-corrected chi connectivity index (χ0v) is 32.7. The molecule has 0 amide bonds. The van der Waals surface area contributed by atoms with Crippen molar-refractivity contribution in [1.29, 1.82) is 0 Å². The van der Waals surface area contributed by atoms with Crippen molar-refractivity contribution in [3.63, 3.8) is 0 Å². The van der Waals surface area contributed by atoms with Gasteiger partial charge in [0.1, 0.15) is 0 Å². The summed E-state index contributed by atoms with van der Waals surface area (Å²) in [6.45, 7) is 11.1. The molecular formula is C31H73N5O12Si2. The molecule has 302 valence electrons. The van der Waals surface area contributed by atoms with Gasteiger partial charge in [0, 0.05) is 104 Å². The normalized spacial score (nSPS) is 15.2. The lowest BCUT2D eigenvalue weighted by Crippen LogP contribution is -2.47. The molecule has 0 fully saturated rings. The van der Waals surface area contributed by atoms with E-state index in [0.29, 0.717) is 51.8 Å². The van der Waals surface area contributed by atoms with E-state index in [0.717, 1.165) is 45.3 Å². The zero-order chi connectivity index (χ0) is 37.7. The largest absolute Gasteiger partial charge is 0.492 e. The van der Waals surface area contributed by atoms with Crippen LogP contribution in [0.5, 0.6) is 0 Å². The van der Waals surface area contributed by atoms with Crippen molar-refractivity contribution in [2.45, 2.75) is 82.8 Å². The molecule has 0 bridgehead atoms. The third kappa shape index (κ3) is 33.6. The maximum Gasteiger partial charge on any atom is 0.492 e. The Morgan fingerprint density at radius 1 is 0.600 bits per heavy atom. The Labute approximate surface area is 302 Å². The van der Waals surface area contributed by atoms with Gasteiger partial charge in [0.25, 0.3) is 0 Å². The number of nitrogens with two attached hydrogens (primary N) is 1. The standard InChI is InChI=1S/C31H73N5O12Si2/c1-3-5-8-28(4-2)24-48-27-31(39)23-36(22-30(38)26-47-18-7-20-50(43,44)45)16-15-35(14-13-34-12-11-33-10-9-32)21-29(37)25-46-17-6-19-49(40,41)42/h28-31,33-34,37-45H,3-27,32H2,1-2H3. The highest BCUT2D eigenvalue weighted by molar-refractivity contribution is 6.56. The van der Waals surface area contributed by atoms with Crippen LogP contribution in [-0.2, 0) is 14.2 Å². The number of aliphatic hydroxyl groups is 3. The van der Waals surface area contributed by atoms with Crippen LogP contribution in [-0.4, -0.2) is 201 Å². The molecule has 4 unspecified atom stereocenters. The first-order valence-corrected chi connectivity index (χ1v) is 22.5. The van der Waals surface area contributed by atoms with Gasteiger partial charge in [-0.1, -0.05) is 33.1 Å². The lowest BCUT2D eigenvalue weighted by atomic mass is 10.0. The summed E-state index contributed by atoms with van der Waals surface area (Å²) in [5.41, 5.74) is 5.52. The minimum atomic E-state index is -4.14. The topological polar surface area (TPSA) is 266 Å². The summed E-state index contributed by atoms with van der Waals surface area (Å²) in [5, 5.41) is 39.0. The second-order valence-corrected chi connectivity index (χ2v) is 17.3. The van der Waals surface area contributed by atoms with Gasteiger partial charge in [-0.05, 0) is 25.2 Å². The lowest BCUT2D eigenvalue weighted by Gasteiger charge is -2.31. The number of hydrogen-bond acceptors (Lipinski definition) is 17. The Balaban J connectivity index is 5.27. The van der Waals surface area contributed by atoms with Crippen molar-refractivity contribution in [1.82, 2.24) is 20.4 Å². The molecule has 0 aliphatic heterocycles. The first-order valence-electron chi connectivity index (χ1n) is 18.4. The average molecular weight is 764 g/mol. The predicted octanol–water partition coefficient (Wildman–Crippen LogP) is -3.31. The van der Waals surface area contributed by atoms with E-state index >= 15 is 0 Å². The Morgan fingerprint density at radius 2 is 1.08 bits per heavy atom. The highest BCUT2D eigenvalue weighted by Gasteiger charge is 2.26. The molecule has 4 atom stereocenters. The lowest BCUT2D eigenvalue weighted by molar-refractivity contribution is -0.0199. The Bertz CT molecular complexity index is 762. The van der Waals surface area contributed by atoms with Gasteiger partial charge in [0.2, 0.25) is 0 Å². The molecule has 0 radical (unpaired) electrons. The van der Waals surface area contributed by atoms with Crippen LogP contribution in [0.4, 0.5) is 0 Å². The Kier molecular flexibility index (Phi) is 31.0. The van der Waals surface area contributed by atoms with Gasteiger partial charge in [0.05, 0.1) is 38.1 Å². The number of nitrogens with one attached hydrogen (secondary N) is 2. The van der Waals surface area contributed by atoms with Crippen molar-refractivity contribution in [3.05, 3.63) is 0 Å². The fourth-order valence-electron chi connectivity index (χ4n) is 5.18. The third-order valence-corrected chi connectivity index (χ3v) is 10.0. The SMILES string of the molecule is CCCCC(CC)COCC(O)CN(CCN(CCNCCNCCN)CC(O)COCCC[Si](O)(O)O)CC(O)COCCC[Si](O)(O)O. The minimum Gasteiger partial charge on any atom is -0.390 e. The van der Waals surface area contributed by atoms with Crippen LogP contribution in [0.3, 0.4) is 0 Å². The summed E-state index contributed by atoms with van der Waals surface area (Å²) in [6.07, 6.45) is 2.33. The zero-order valence-electron chi connectivity index (χ0n) is 30.7. The first-order chi connectivity index (χ1) is 23.7. The molecular weight excluding hydrogens is 691 g/mol. The van der Waals surface area contributed by atoms with Crippen LogP contribution in [0.1, 0.15) is 52.4 Å². The Morgan fingerprint density at radius 3 is 1.56 bits per heavy atom. The van der Waals surface area contributed by atoms with Crippen molar-refractivity contribution in [3.8, 4) is 0 Å². The van der Waals surface area contributed by atoms with Crippen molar-refractivity contribution in [2.75, 3.05) is 112 Å². The average Bonchev–Trinajstić information content (AvgIpc) is 3.03. The van der Waals surface area contributed by atoms with E-state index in [4.69, 9.17) is 34.3 Å². The highest BCUT2D eigenvalue weighted by atomic mass is 28.4. The monoisotopic (exact) mass is 763 g/mol. The van der Waals surface area contributed by atoms with Gasteiger partial charge in [-0.2, -0.15) is 0 Å². The fourth-order valence-corrected chi connectivity index (χ4v) is 6.42. The van der Waals surface area contributed by atoms with E-state index in [1.54, 1.807) is 0 Å². The van der Waals surface area contributed by atoms with E-state index in [1.165, 1.54) is 0 Å². The molecule has 0 saturated carbocycles.